The highest BCUT2D eigenvalue weighted by Gasteiger charge is 2.20. The monoisotopic (exact) mass is 332 g/mol. The predicted octanol–water partition coefficient (Wildman–Crippen LogP) is 2.91. The molecule has 2 rings (SSSR count). The van der Waals surface area contributed by atoms with Gasteiger partial charge in [0.05, 0.1) is 21.6 Å². The lowest BCUT2D eigenvalue weighted by atomic mass is 10.2. The van der Waals surface area contributed by atoms with Gasteiger partial charge in [0.1, 0.15) is 5.69 Å². The van der Waals surface area contributed by atoms with E-state index in [1.807, 2.05) is 0 Å². The summed E-state index contributed by atoms with van der Waals surface area (Å²) in [4.78, 5) is 9.58. The number of benzene rings is 1. The first-order valence-electron chi connectivity index (χ1n) is 5.10. The van der Waals surface area contributed by atoms with Gasteiger partial charge in [-0.25, -0.2) is 9.07 Å². The molecule has 1 heterocycles. The van der Waals surface area contributed by atoms with Gasteiger partial charge in [-0.2, -0.15) is 4.39 Å². The van der Waals surface area contributed by atoms with Gasteiger partial charge >= 0.3 is 5.69 Å². The summed E-state index contributed by atoms with van der Waals surface area (Å²) in [5.74, 6) is -2.19. The van der Waals surface area contributed by atoms with Crippen LogP contribution in [0.1, 0.15) is 17.4 Å². The quantitative estimate of drug-likeness (QED) is 0.492. The number of nitro benzene ring substituents is 1. The number of nitrogens with zero attached hydrogens (tertiary/aromatic N) is 4. The lowest BCUT2D eigenvalue weighted by Crippen LogP contribution is -2.02. The Hall–Kier alpha value is -1.90. The number of rotatable bonds is 3. The van der Waals surface area contributed by atoms with Crippen molar-refractivity contribution in [3.8, 4) is 5.69 Å². The van der Waals surface area contributed by atoms with Gasteiger partial charge in [-0.05, 0) is 6.92 Å². The van der Waals surface area contributed by atoms with Crippen molar-refractivity contribution in [2.45, 2.75) is 11.8 Å². The smallest absolute Gasteiger partial charge is 0.258 e. The minimum Gasteiger partial charge on any atom is -0.258 e. The van der Waals surface area contributed by atoms with E-state index in [9.17, 15) is 18.9 Å². The van der Waals surface area contributed by atoms with Crippen LogP contribution in [0.5, 0.6) is 0 Å². The fourth-order valence-corrected chi connectivity index (χ4v) is 1.63. The molecular formula is C10H7BrF2N4O2. The average molecular weight is 333 g/mol. The van der Waals surface area contributed by atoms with E-state index in [1.165, 1.54) is 6.20 Å². The third-order valence-corrected chi connectivity index (χ3v) is 2.85. The van der Waals surface area contributed by atoms with Crippen molar-refractivity contribution in [3.63, 3.8) is 0 Å². The Balaban J connectivity index is 2.54. The maximum absolute atomic E-state index is 13.6. The molecule has 100 valence electrons. The van der Waals surface area contributed by atoms with Gasteiger partial charge < -0.3 is 0 Å². The van der Waals surface area contributed by atoms with Crippen LogP contribution in [0.25, 0.3) is 5.69 Å². The predicted molar refractivity (Wildman–Crippen MR) is 65.3 cm³/mol. The van der Waals surface area contributed by atoms with Crippen LogP contribution in [-0.4, -0.2) is 19.9 Å². The second-order valence-electron chi connectivity index (χ2n) is 3.72. The molecule has 0 amide bonds. The highest BCUT2D eigenvalue weighted by Crippen LogP contribution is 2.25. The third kappa shape index (κ3) is 2.60. The SMILES string of the molecule is CC(Br)c1cn(-c2cc([N+](=O)[O-])c(F)cc2F)nn1. The molecule has 0 N–H and O–H groups in total. The van der Waals surface area contributed by atoms with Crippen LogP contribution in [-0.2, 0) is 0 Å². The fourth-order valence-electron chi connectivity index (χ4n) is 1.42. The highest BCUT2D eigenvalue weighted by molar-refractivity contribution is 9.09. The standard InChI is InChI=1S/C10H7BrF2N4O2/c1-5(11)8-4-16(15-14-8)9-3-10(17(18)19)7(13)2-6(9)12/h2-5H,1H3. The summed E-state index contributed by atoms with van der Waals surface area (Å²) in [7, 11) is 0. The summed E-state index contributed by atoms with van der Waals surface area (Å²) < 4.78 is 27.8. The van der Waals surface area contributed by atoms with E-state index >= 15 is 0 Å². The molecule has 0 aliphatic rings. The Morgan fingerprint density at radius 3 is 2.63 bits per heavy atom. The van der Waals surface area contributed by atoms with Gasteiger partial charge in [0.2, 0.25) is 5.82 Å². The molecule has 0 spiro atoms. The second-order valence-corrected chi connectivity index (χ2v) is 5.09. The van der Waals surface area contributed by atoms with Gasteiger partial charge in [0.25, 0.3) is 0 Å². The summed E-state index contributed by atoms with van der Waals surface area (Å²) in [5, 5.41) is 18.0. The zero-order valence-corrected chi connectivity index (χ0v) is 11.1. The molecule has 0 aliphatic carbocycles. The van der Waals surface area contributed by atoms with E-state index in [2.05, 4.69) is 26.2 Å². The summed E-state index contributed by atoms with van der Waals surface area (Å²) in [5.41, 5.74) is -0.535. The molecule has 1 atom stereocenters. The van der Waals surface area contributed by atoms with Crippen LogP contribution >= 0.6 is 15.9 Å². The molecule has 0 fully saturated rings. The number of hydrogen-bond donors (Lipinski definition) is 0. The Morgan fingerprint density at radius 1 is 1.42 bits per heavy atom. The fraction of sp³-hybridized carbons (Fsp3) is 0.200. The molecule has 0 saturated heterocycles. The number of aromatic nitrogens is 3. The maximum Gasteiger partial charge on any atom is 0.307 e. The summed E-state index contributed by atoms with van der Waals surface area (Å²) in [6.45, 7) is 1.79. The van der Waals surface area contributed by atoms with Crippen molar-refractivity contribution in [1.82, 2.24) is 15.0 Å². The molecule has 6 nitrogen and oxygen atoms in total. The van der Waals surface area contributed by atoms with E-state index in [0.717, 1.165) is 10.7 Å². The molecule has 19 heavy (non-hydrogen) atoms. The normalized spacial score (nSPS) is 12.4. The lowest BCUT2D eigenvalue weighted by Gasteiger charge is -2.03. The minimum atomic E-state index is -1.24. The first-order valence-corrected chi connectivity index (χ1v) is 6.02. The molecule has 2 aromatic rings. The van der Waals surface area contributed by atoms with E-state index in [0.29, 0.717) is 11.8 Å². The van der Waals surface area contributed by atoms with Crippen LogP contribution in [0.2, 0.25) is 0 Å². The Morgan fingerprint density at radius 2 is 2.11 bits per heavy atom. The van der Waals surface area contributed by atoms with E-state index in [4.69, 9.17) is 0 Å². The van der Waals surface area contributed by atoms with E-state index in [-0.39, 0.29) is 10.5 Å². The first kappa shape index (κ1) is 13.5. The van der Waals surface area contributed by atoms with Gasteiger partial charge in [-0.3, -0.25) is 10.1 Å². The molecule has 0 saturated carbocycles. The number of halogens is 3. The molecule has 9 heteroatoms. The van der Waals surface area contributed by atoms with Crippen LogP contribution in [0, 0.1) is 21.7 Å². The molecule has 1 aromatic carbocycles. The van der Waals surface area contributed by atoms with Crippen molar-refractivity contribution >= 4 is 21.6 Å². The first-order chi connectivity index (χ1) is 8.90. The maximum atomic E-state index is 13.6. The van der Waals surface area contributed by atoms with Crippen molar-refractivity contribution < 1.29 is 13.7 Å². The third-order valence-electron chi connectivity index (χ3n) is 2.38. The topological polar surface area (TPSA) is 73.8 Å². The largest absolute Gasteiger partial charge is 0.307 e. The minimum absolute atomic E-state index is 0.111. The number of alkyl halides is 1. The molecule has 0 bridgehead atoms. The Kier molecular flexibility index (Phi) is 3.56. The number of nitro groups is 1. The van der Waals surface area contributed by atoms with Crippen molar-refractivity contribution in [2.24, 2.45) is 0 Å². The highest BCUT2D eigenvalue weighted by atomic mass is 79.9. The molecule has 1 unspecified atom stereocenters. The van der Waals surface area contributed by atoms with E-state index < -0.39 is 22.2 Å². The van der Waals surface area contributed by atoms with Gasteiger partial charge in [-0.15, -0.1) is 5.10 Å². The zero-order chi connectivity index (χ0) is 14.2. The molecular weight excluding hydrogens is 326 g/mol. The van der Waals surface area contributed by atoms with Crippen molar-refractivity contribution in [2.75, 3.05) is 0 Å². The van der Waals surface area contributed by atoms with E-state index in [1.54, 1.807) is 6.92 Å². The molecule has 0 aliphatic heterocycles. The number of hydrogen-bond acceptors (Lipinski definition) is 4. The van der Waals surface area contributed by atoms with Crippen molar-refractivity contribution in [1.29, 1.82) is 0 Å². The van der Waals surface area contributed by atoms with Crippen LogP contribution < -0.4 is 0 Å². The summed E-state index contributed by atoms with van der Waals surface area (Å²) in [6.07, 6.45) is 1.40. The zero-order valence-electron chi connectivity index (χ0n) is 9.55. The summed E-state index contributed by atoms with van der Waals surface area (Å²) >= 11 is 3.26. The van der Waals surface area contributed by atoms with Crippen LogP contribution in [0.15, 0.2) is 18.3 Å². The van der Waals surface area contributed by atoms with Gasteiger partial charge in [0, 0.05) is 12.1 Å². The second kappa shape index (κ2) is 5.00. The van der Waals surface area contributed by atoms with Gasteiger partial charge in [0.15, 0.2) is 5.82 Å². The van der Waals surface area contributed by atoms with Crippen LogP contribution in [0.3, 0.4) is 0 Å². The molecule has 1 aromatic heterocycles. The van der Waals surface area contributed by atoms with Gasteiger partial charge in [-0.1, -0.05) is 21.1 Å². The average Bonchev–Trinajstić information content (AvgIpc) is 2.77. The lowest BCUT2D eigenvalue weighted by molar-refractivity contribution is -0.387. The molecule has 0 radical (unpaired) electrons. The summed E-state index contributed by atoms with van der Waals surface area (Å²) in [6, 6.07) is 1.23. The van der Waals surface area contributed by atoms with Crippen LogP contribution in [0.4, 0.5) is 14.5 Å². The Labute approximate surface area is 114 Å². The van der Waals surface area contributed by atoms with Crippen molar-refractivity contribution in [3.05, 3.63) is 45.8 Å². The Bertz CT molecular complexity index is 644.